The van der Waals surface area contributed by atoms with Crippen LogP contribution in [0, 0.1) is 30.0 Å². The number of carbonyl (C=O) groups is 1. The summed E-state index contributed by atoms with van der Waals surface area (Å²) in [4.78, 5) is 14.8. The van der Waals surface area contributed by atoms with Crippen LogP contribution in [0.25, 0.3) is 0 Å². The van der Waals surface area contributed by atoms with E-state index in [1.165, 1.54) is 25.0 Å². The Morgan fingerprint density at radius 3 is 3.04 bits per heavy atom. The predicted molar refractivity (Wildman–Crippen MR) is 87.3 cm³/mol. The van der Waals surface area contributed by atoms with Gasteiger partial charge in [-0.2, -0.15) is 0 Å². The smallest absolute Gasteiger partial charge is 0.254 e. The van der Waals surface area contributed by atoms with E-state index in [4.69, 9.17) is 9.47 Å². The molecule has 1 amide bonds. The fourth-order valence-corrected chi connectivity index (χ4v) is 3.94. The molecule has 1 aliphatic carbocycles. The Morgan fingerprint density at radius 1 is 1.46 bits per heavy atom. The average Bonchev–Trinajstić information content (AvgIpc) is 3.16. The quantitative estimate of drug-likeness (QED) is 0.831. The van der Waals surface area contributed by atoms with Gasteiger partial charge in [-0.3, -0.25) is 4.79 Å². The number of halogens is 1. The van der Waals surface area contributed by atoms with Crippen molar-refractivity contribution in [1.82, 2.24) is 4.90 Å². The van der Waals surface area contributed by atoms with E-state index in [1.807, 2.05) is 4.90 Å². The minimum atomic E-state index is -0.305. The van der Waals surface area contributed by atoms with Crippen molar-refractivity contribution in [2.24, 2.45) is 17.3 Å². The second kappa shape index (κ2) is 6.12. The monoisotopic (exact) mass is 333 g/mol. The molecule has 5 heteroatoms. The summed E-state index contributed by atoms with van der Waals surface area (Å²) in [5.41, 5.74) is 1.21. The maximum atomic E-state index is 13.3. The third-order valence-electron chi connectivity index (χ3n) is 5.67. The van der Waals surface area contributed by atoms with Crippen molar-refractivity contribution in [3.8, 4) is 0 Å². The number of fused-ring (bicyclic) bond motifs is 1. The van der Waals surface area contributed by atoms with Crippen LogP contribution >= 0.6 is 0 Å². The topological polar surface area (TPSA) is 38.8 Å². The molecule has 1 saturated carbocycles. The lowest BCUT2D eigenvalue weighted by Crippen LogP contribution is -2.37. The van der Waals surface area contributed by atoms with Gasteiger partial charge in [0.1, 0.15) is 5.82 Å². The molecule has 24 heavy (non-hydrogen) atoms. The second-order valence-electron chi connectivity index (χ2n) is 7.68. The largest absolute Gasteiger partial charge is 0.380 e. The molecular weight excluding hydrogens is 309 g/mol. The zero-order valence-corrected chi connectivity index (χ0v) is 14.1. The summed E-state index contributed by atoms with van der Waals surface area (Å²) in [6.07, 6.45) is 2.56. The average molecular weight is 333 g/mol. The van der Waals surface area contributed by atoms with E-state index in [9.17, 15) is 9.18 Å². The number of hydrogen-bond acceptors (Lipinski definition) is 3. The van der Waals surface area contributed by atoms with E-state index in [0.29, 0.717) is 50.0 Å². The summed E-state index contributed by atoms with van der Waals surface area (Å²) in [6.45, 7) is 6.00. The van der Waals surface area contributed by atoms with Crippen LogP contribution < -0.4 is 0 Å². The molecule has 0 radical (unpaired) electrons. The highest BCUT2D eigenvalue weighted by Gasteiger charge is 2.52. The molecule has 0 spiro atoms. The Hall–Kier alpha value is -1.46. The van der Waals surface area contributed by atoms with Gasteiger partial charge in [-0.25, -0.2) is 4.39 Å². The van der Waals surface area contributed by atoms with Gasteiger partial charge < -0.3 is 14.4 Å². The van der Waals surface area contributed by atoms with E-state index in [2.05, 4.69) is 0 Å². The fraction of sp³-hybridized carbons (Fsp3) is 0.632. The van der Waals surface area contributed by atoms with Gasteiger partial charge in [0.2, 0.25) is 0 Å². The molecule has 0 bridgehead atoms. The first kappa shape index (κ1) is 16.0. The number of ether oxygens (including phenoxy) is 2. The molecule has 2 aliphatic heterocycles. The summed E-state index contributed by atoms with van der Waals surface area (Å²) in [5, 5.41) is 0. The van der Waals surface area contributed by atoms with Crippen molar-refractivity contribution < 1.29 is 18.7 Å². The third-order valence-corrected chi connectivity index (χ3v) is 5.67. The van der Waals surface area contributed by atoms with Crippen molar-refractivity contribution in [3.63, 3.8) is 0 Å². The number of hydrogen-bond donors (Lipinski definition) is 0. The normalized spacial score (nSPS) is 29.1. The van der Waals surface area contributed by atoms with Crippen LogP contribution in [0.1, 0.15) is 28.8 Å². The van der Waals surface area contributed by atoms with E-state index in [1.54, 1.807) is 13.0 Å². The number of likely N-dealkylation sites (tertiary alicyclic amines) is 1. The van der Waals surface area contributed by atoms with Gasteiger partial charge in [-0.1, -0.05) is 0 Å². The molecule has 1 aromatic carbocycles. The Bertz CT molecular complexity index is 645. The standard InChI is InChI=1S/C19H24FNO3/c1-13-6-16(20)4-5-17(13)18(22)21-7-15-9-24-12-19(15,10-21)11-23-8-14-2-3-14/h4-6,14-15H,2-3,7-12H2,1H3/t15-,19-/m1/s1. The van der Waals surface area contributed by atoms with Crippen molar-refractivity contribution in [2.45, 2.75) is 19.8 Å². The van der Waals surface area contributed by atoms with Crippen LogP contribution in [0.4, 0.5) is 4.39 Å². The molecule has 0 unspecified atom stereocenters. The highest BCUT2D eigenvalue weighted by Crippen LogP contribution is 2.42. The minimum Gasteiger partial charge on any atom is -0.380 e. The molecule has 1 aromatic rings. The number of benzene rings is 1. The van der Waals surface area contributed by atoms with Gasteiger partial charge in [-0.05, 0) is 49.4 Å². The molecule has 2 saturated heterocycles. The lowest BCUT2D eigenvalue weighted by Gasteiger charge is -2.27. The van der Waals surface area contributed by atoms with Crippen LogP contribution in [-0.4, -0.2) is 50.3 Å². The molecule has 3 fully saturated rings. The first-order valence-electron chi connectivity index (χ1n) is 8.78. The number of carbonyl (C=O) groups excluding carboxylic acids is 1. The van der Waals surface area contributed by atoms with E-state index < -0.39 is 0 Å². The summed E-state index contributed by atoms with van der Waals surface area (Å²) < 4.78 is 24.9. The number of amides is 1. The molecule has 130 valence electrons. The Balaban J connectivity index is 1.46. The highest BCUT2D eigenvalue weighted by atomic mass is 19.1. The number of rotatable bonds is 5. The predicted octanol–water partition coefficient (Wildman–Crippen LogP) is 2.65. The summed E-state index contributed by atoms with van der Waals surface area (Å²) in [7, 11) is 0. The molecule has 0 aromatic heterocycles. The first-order valence-corrected chi connectivity index (χ1v) is 8.78. The molecular formula is C19H24FNO3. The maximum absolute atomic E-state index is 13.3. The maximum Gasteiger partial charge on any atom is 0.254 e. The Labute approximate surface area is 141 Å². The van der Waals surface area contributed by atoms with Gasteiger partial charge in [0.25, 0.3) is 5.91 Å². The van der Waals surface area contributed by atoms with Gasteiger partial charge in [-0.15, -0.1) is 0 Å². The molecule has 0 N–H and O–H groups in total. The van der Waals surface area contributed by atoms with Crippen LogP contribution in [-0.2, 0) is 9.47 Å². The van der Waals surface area contributed by atoms with Crippen LogP contribution in [0.5, 0.6) is 0 Å². The second-order valence-corrected chi connectivity index (χ2v) is 7.68. The lowest BCUT2D eigenvalue weighted by molar-refractivity contribution is 0.0223. The van der Waals surface area contributed by atoms with Gasteiger partial charge >= 0.3 is 0 Å². The van der Waals surface area contributed by atoms with Crippen molar-refractivity contribution in [3.05, 3.63) is 35.1 Å². The summed E-state index contributed by atoms with van der Waals surface area (Å²) >= 11 is 0. The van der Waals surface area contributed by atoms with Crippen LogP contribution in [0.2, 0.25) is 0 Å². The molecule has 2 atom stereocenters. The SMILES string of the molecule is Cc1cc(F)ccc1C(=O)N1C[C@@H]2COC[C@]2(COCC2CC2)C1. The lowest BCUT2D eigenvalue weighted by atomic mass is 9.82. The van der Waals surface area contributed by atoms with E-state index in [0.717, 1.165) is 12.5 Å². The molecule has 3 aliphatic rings. The minimum absolute atomic E-state index is 0.0107. The van der Waals surface area contributed by atoms with E-state index in [-0.39, 0.29) is 17.1 Å². The van der Waals surface area contributed by atoms with Crippen molar-refractivity contribution in [2.75, 3.05) is 39.5 Å². The van der Waals surface area contributed by atoms with Gasteiger partial charge in [0.15, 0.2) is 0 Å². The van der Waals surface area contributed by atoms with Crippen molar-refractivity contribution >= 4 is 5.91 Å². The molecule has 4 rings (SSSR count). The van der Waals surface area contributed by atoms with Crippen LogP contribution in [0.3, 0.4) is 0 Å². The summed E-state index contributed by atoms with van der Waals surface area (Å²) in [5.74, 6) is 0.758. The van der Waals surface area contributed by atoms with E-state index >= 15 is 0 Å². The molecule has 4 nitrogen and oxygen atoms in total. The zero-order valence-electron chi connectivity index (χ0n) is 14.1. The molecule has 2 heterocycles. The van der Waals surface area contributed by atoms with Crippen molar-refractivity contribution in [1.29, 1.82) is 0 Å². The van der Waals surface area contributed by atoms with Gasteiger partial charge in [0.05, 0.1) is 19.8 Å². The Kier molecular flexibility index (Phi) is 4.09. The highest BCUT2D eigenvalue weighted by molar-refractivity contribution is 5.95. The summed E-state index contributed by atoms with van der Waals surface area (Å²) in [6, 6.07) is 4.37. The first-order chi connectivity index (χ1) is 11.6. The fourth-order valence-electron chi connectivity index (χ4n) is 3.94. The zero-order chi connectivity index (χ0) is 16.7. The van der Waals surface area contributed by atoms with Gasteiger partial charge in [0, 0.05) is 36.6 Å². The Morgan fingerprint density at radius 2 is 2.29 bits per heavy atom. The van der Waals surface area contributed by atoms with Crippen LogP contribution in [0.15, 0.2) is 18.2 Å². The number of aryl methyl sites for hydroxylation is 1. The third kappa shape index (κ3) is 2.95. The number of nitrogens with zero attached hydrogens (tertiary/aromatic N) is 1.